The van der Waals surface area contributed by atoms with Crippen LogP contribution in [0.15, 0.2) is 205 Å². The first-order chi connectivity index (χ1) is 27.8. The topological polar surface area (TPSA) is 43.9 Å². The van der Waals surface area contributed by atoms with E-state index in [0.29, 0.717) is 5.82 Å². The fourth-order valence-corrected chi connectivity index (χ4v) is 8.20. The van der Waals surface area contributed by atoms with Crippen molar-refractivity contribution in [1.82, 2.24) is 14.5 Å². The van der Waals surface area contributed by atoms with Crippen molar-refractivity contribution >= 4 is 43.7 Å². The van der Waals surface area contributed by atoms with Gasteiger partial charge in [0.2, 0.25) is 0 Å². The third-order valence-electron chi connectivity index (χ3n) is 10.8. The zero-order valence-electron chi connectivity index (χ0n) is 30.3. The van der Waals surface area contributed by atoms with Crippen molar-refractivity contribution < 1.29 is 4.42 Å². The monoisotopic (exact) mass is 715 g/mol. The molecule has 0 N–H and O–H groups in total. The van der Waals surface area contributed by atoms with Gasteiger partial charge in [0.1, 0.15) is 11.2 Å². The molecular formula is C52H33N3O. The van der Waals surface area contributed by atoms with Gasteiger partial charge in [-0.1, -0.05) is 164 Å². The Morgan fingerprint density at radius 2 is 0.964 bits per heavy atom. The van der Waals surface area contributed by atoms with Crippen molar-refractivity contribution in [2.75, 3.05) is 0 Å². The normalized spacial score (nSPS) is 11.6. The summed E-state index contributed by atoms with van der Waals surface area (Å²) in [4.78, 5) is 10.3. The number of rotatable bonds is 6. The van der Waals surface area contributed by atoms with Crippen LogP contribution in [0.1, 0.15) is 0 Å². The summed E-state index contributed by atoms with van der Waals surface area (Å²) >= 11 is 0. The number of hydrogen-bond acceptors (Lipinski definition) is 3. The molecule has 8 aromatic carbocycles. The van der Waals surface area contributed by atoms with Crippen LogP contribution in [0, 0.1) is 0 Å². The lowest BCUT2D eigenvalue weighted by molar-refractivity contribution is 0.670. The third-order valence-corrected chi connectivity index (χ3v) is 10.8. The van der Waals surface area contributed by atoms with Crippen molar-refractivity contribution in [2.24, 2.45) is 0 Å². The minimum absolute atomic E-state index is 0.697. The lowest BCUT2D eigenvalue weighted by Gasteiger charge is -2.13. The highest BCUT2D eigenvalue weighted by Crippen LogP contribution is 2.43. The predicted octanol–water partition coefficient (Wildman–Crippen LogP) is 13.8. The molecule has 11 aromatic rings. The molecule has 0 aliphatic heterocycles. The second-order valence-corrected chi connectivity index (χ2v) is 14.2. The highest BCUT2D eigenvalue weighted by molar-refractivity contribution is 6.16. The first kappa shape index (κ1) is 31.9. The number of para-hydroxylation sites is 2. The minimum atomic E-state index is 0.697. The molecule has 262 valence electrons. The summed E-state index contributed by atoms with van der Waals surface area (Å²) in [7, 11) is 0. The zero-order valence-corrected chi connectivity index (χ0v) is 30.3. The van der Waals surface area contributed by atoms with E-state index in [9.17, 15) is 0 Å². The molecule has 3 aromatic heterocycles. The molecule has 4 nitrogen and oxygen atoms in total. The fraction of sp³-hybridized carbons (Fsp3) is 0. The molecule has 0 atom stereocenters. The molecule has 11 rings (SSSR count). The summed E-state index contributed by atoms with van der Waals surface area (Å²) in [6.07, 6.45) is 0. The van der Waals surface area contributed by atoms with Crippen LogP contribution in [0.4, 0.5) is 0 Å². The van der Waals surface area contributed by atoms with E-state index in [0.717, 1.165) is 88.6 Å². The van der Waals surface area contributed by atoms with E-state index in [1.54, 1.807) is 0 Å². The van der Waals surface area contributed by atoms with Crippen LogP contribution in [0.2, 0.25) is 0 Å². The van der Waals surface area contributed by atoms with Gasteiger partial charge in [0.25, 0.3) is 0 Å². The van der Waals surface area contributed by atoms with Gasteiger partial charge in [-0.2, -0.15) is 0 Å². The van der Waals surface area contributed by atoms with Gasteiger partial charge >= 0.3 is 0 Å². The molecule has 0 aliphatic carbocycles. The summed E-state index contributed by atoms with van der Waals surface area (Å²) in [5, 5.41) is 4.48. The standard InChI is InChI=1S/C52H33N3O/c1-4-15-34(16-5-1)35-27-29-36(30-28-35)43-31-39(32-44-40-21-11-13-26-49(40)56-51(43)44)55-47-24-12-10-22-42(47)50-41(23-14-25-48(50)55)46-33-45(37-17-6-2-7-18-37)53-52(54-46)38-19-8-3-9-20-38/h1-33H. The molecule has 0 bridgehead atoms. The molecule has 0 spiro atoms. The molecule has 0 amide bonds. The van der Waals surface area contributed by atoms with Gasteiger partial charge in [0, 0.05) is 49.5 Å². The quantitative estimate of drug-likeness (QED) is 0.172. The first-order valence-electron chi connectivity index (χ1n) is 18.9. The van der Waals surface area contributed by atoms with Crippen LogP contribution in [-0.2, 0) is 0 Å². The van der Waals surface area contributed by atoms with Gasteiger partial charge in [0.05, 0.1) is 22.4 Å². The highest BCUT2D eigenvalue weighted by Gasteiger charge is 2.21. The van der Waals surface area contributed by atoms with Crippen molar-refractivity contribution in [2.45, 2.75) is 0 Å². The Balaban J connectivity index is 1.16. The largest absolute Gasteiger partial charge is 0.455 e. The number of nitrogens with zero attached hydrogens (tertiary/aromatic N) is 3. The van der Waals surface area contributed by atoms with Crippen LogP contribution in [0.25, 0.3) is 106 Å². The van der Waals surface area contributed by atoms with E-state index < -0.39 is 0 Å². The van der Waals surface area contributed by atoms with Crippen LogP contribution >= 0.6 is 0 Å². The van der Waals surface area contributed by atoms with E-state index in [1.807, 2.05) is 30.3 Å². The molecule has 0 radical (unpaired) electrons. The smallest absolute Gasteiger partial charge is 0.160 e. The number of fused-ring (bicyclic) bond motifs is 6. The van der Waals surface area contributed by atoms with Crippen molar-refractivity contribution in [3.05, 3.63) is 200 Å². The molecule has 3 heterocycles. The van der Waals surface area contributed by atoms with Crippen LogP contribution in [-0.4, -0.2) is 14.5 Å². The number of furan rings is 1. The predicted molar refractivity (Wildman–Crippen MR) is 231 cm³/mol. The van der Waals surface area contributed by atoms with Crippen molar-refractivity contribution in [3.63, 3.8) is 0 Å². The molecule has 4 heteroatoms. The molecule has 0 unspecified atom stereocenters. The lowest BCUT2D eigenvalue weighted by Crippen LogP contribution is -1.97. The summed E-state index contributed by atoms with van der Waals surface area (Å²) in [5.74, 6) is 0.697. The molecule has 0 aliphatic rings. The van der Waals surface area contributed by atoms with Gasteiger partial charge in [-0.25, -0.2) is 9.97 Å². The van der Waals surface area contributed by atoms with Crippen molar-refractivity contribution in [1.29, 1.82) is 0 Å². The molecule has 0 fully saturated rings. The van der Waals surface area contributed by atoms with Crippen LogP contribution in [0.5, 0.6) is 0 Å². The van der Waals surface area contributed by atoms with E-state index in [-0.39, 0.29) is 0 Å². The van der Waals surface area contributed by atoms with Gasteiger partial charge in [-0.15, -0.1) is 0 Å². The SMILES string of the molecule is c1ccc(-c2ccc(-c3cc(-n4c5ccccc5c5c(-c6cc(-c7ccccc7)nc(-c7ccccc7)n6)cccc54)cc4c3oc3ccccc34)cc2)cc1. The maximum absolute atomic E-state index is 6.65. The minimum Gasteiger partial charge on any atom is -0.455 e. The Labute approximate surface area is 323 Å². The van der Waals surface area contributed by atoms with E-state index in [4.69, 9.17) is 14.4 Å². The van der Waals surface area contributed by atoms with Gasteiger partial charge in [-0.3, -0.25) is 0 Å². The van der Waals surface area contributed by atoms with E-state index >= 15 is 0 Å². The Morgan fingerprint density at radius 1 is 0.375 bits per heavy atom. The van der Waals surface area contributed by atoms with E-state index in [2.05, 4.69) is 174 Å². The molecule has 56 heavy (non-hydrogen) atoms. The maximum atomic E-state index is 6.65. The first-order valence-corrected chi connectivity index (χ1v) is 18.9. The van der Waals surface area contributed by atoms with Gasteiger partial charge in [0.15, 0.2) is 5.82 Å². The number of hydrogen-bond donors (Lipinski definition) is 0. The second-order valence-electron chi connectivity index (χ2n) is 14.2. The number of aromatic nitrogens is 3. The summed E-state index contributed by atoms with van der Waals surface area (Å²) in [5.41, 5.74) is 14.4. The van der Waals surface area contributed by atoms with Gasteiger partial charge in [-0.05, 0) is 53.1 Å². The molecular weight excluding hydrogens is 683 g/mol. The maximum Gasteiger partial charge on any atom is 0.160 e. The lowest BCUT2D eigenvalue weighted by atomic mass is 9.98. The third kappa shape index (κ3) is 5.31. The Bertz CT molecular complexity index is 3160. The summed E-state index contributed by atoms with van der Waals surface area (Å²) in [6, 6.07) is 70.2. The summed E-state index contributed by atoms with van der Waals surface area (Å²) in [6.45, 7) is 0. The van der Waals surface area contributed by atoms with E-state index in [1.165, 1.54) is 11.1 Å². The molecule has 0 saturated carbocycles. The number of benzene rings is 8. The Morgan fingerprint density at radius 3 is 1.73 bits per heavy atom. The average molecular weight is 716 g/mol. The Hall–Kier alpha value is -7.56. The second kappa shape index (κ2) is 13.1. The highest BCUT2D eigenvalue weighted by atomic mass is 16.3. The van der Waals surface area contributed by atoms with Crippen LogP contribution in [0.3, 0.4) is 0 Å². The summed E-state index contributed by atoms with van der Waals surface area (Å²) < 4.78 is 9.05. The Kier molecular flexibility index (Phi) is 7.46. The fourth-order valence-electron chi connectivity index (χ4n) is 8.20. The van der Waals surface area contributed by atoms with Gasteiger partial charge < -0.3 is 8.98 Å². The van der Waals surface area contributed by atoms with Crippen LogP contribution < -0.4 is 0 Å². The van der Waals surface area contributed by atoms with Crippen molar-refractivity contribution in [3.8, 4) is 61.8 Å². The average Bonchev–Trinajstić information content (AvgIpc) is 3.83. The zero-order chi connectivity index (χ0) is 37.0. The molecule has 0 saturated heterocycles.